The van der Waals surface area contributed by atoms with Gasteiger partial charge in [0, 0.05) is 0 Å². The zero-order valence-corrected chi connectivity index (χ0v) is 14.1. The number of hydrogen-bond acceptors (Lipinski definition) is 8. The van der Waals surface area contributed by atoms with Crippen molar-refractivity contribution < 1.29 is 55.8 Å². The van der Waals surface area contributed by atoms with Crippen LogP contribution in [0, 0.1) is 0 Å². The molecule has 1 unspecified atom stereocenters. The number of carboxylic acid groups (broad SMARTS) is 1. The normalized spacial score (nSPS) is 13.7. The van der Waals surface area contributed by atoms with Crippen LogP contribution in [-0.4, -0.2) is 47.3 Å². The Kier molecular flexibility index (Phi) is 9.61. The first-order valence-corrected chi connectivity index (χ1v) is 8.32. The van der Waals surface area contributed by atoms with Crippen LogP contribution in [0.1, 0.15) is 26.2 Å². The lowest BCUT2D eigenvalue weighted by molar-refractivity contribution is -0.304. The molecule has 148 valence electrons. The molecule has 0 aliphatic heterocycles. The number of halogens is 2. The van der Waals surface area contributed by atoms with Crippen molar-refractivity contribution in [3.63, 3.8) is 0 Å². The molecule has 13 heteroatoms. The van der Waals surface area contributed by atoms with Gasteiger partial charge in [-0.1, -0.05) is 19.1 Å². The third kappa shape index (κ3) is 8.13. The summed E-state index contributed by atoms with van der Waals surface area (Å²) in [5.41, 5.74) is 0. The third-order valence-corrected chi connectivity index (χ3v) is 3.19. The molecule has 0 aliphatic carbocycles. The molecule has 0 radical (unpaired) electrons. The fourth-order valence-corrected chi connectivity index (χ4v) is 1.40. The Morgan fingerprint density at radius 2 is 1.81 bits per heavy atom. The molecule has 0 aliphatic rings. The molecule has 0 saturated carbocycles. The van der Waals surface area contributed by atoms with Gasteiger partial charge in [-0.2, -0.15) is 22.1 Å². The van der Waals surface area contributed by atoms with E-state index in [4.69, 9.17) is 9.66 Å². The highest BCUT2D eigenvalue weighted by molar-refractivity contribution is 7.87. The predicted octanol–water partition coefficient (Wildman–Crippen LogP) is 1.20. The molecule has 0 rings (SSSR count). The standard InChI is InChI=1S/C13H16F2O10S/c1-2-3-4-5-6-7-23-11(18)9(8-10(16)17)24-25-12(19)13(14,15)26(20,21)22/h3-4,6-7,9H,2,5,8H2,1H3,(H,16,17)(H,20,21,22)/b4-3+,7-6-. The van der Waals surface area contributed by atoms with E-state index >= 15 is 0 Å². The van der Waals surface area contributed by atoms with Gasteiger partial charge < -0.3 is 9.84 Å². The van der Waals surface area contributed by atoms with Crippen molar-refractivity contribution in [1.29, 1.82) is 0 Å². The number of hydrogen-bond donors (Lipinski definition) is 2. The number of allylic oxidation sites excluding steroid dienone is 3. The van der Waals surface area contributed by atoms with Gasteiger partial charge in [0.15, 0.2) is 0 Å². The van der Waals surface area contributed by atoms with Crippen LogP contribution in [0.2, 0.25) is 0 Å². The first kappa shape index (κ1) is 23.6. The Balaban J connectivity index is 4.85. The molecule has 26 heavy (non-hydrogen) atoms. The van der Waals surface area contributed by atoms with E-state index in [9.17, 15) is 31.6 Å². The number of esters is 1. The summed E-state index contributed by atoms with van der Waals surface area (Å²) in [6.07, 6.45) is 3.63. The number of ether oxygens (including phenoxy) is 1. The van der Waals surface area contributed by atoms with Crippen molar-refractivity contribution in [3.8, 4) is 0 Å². The van der Waals surface area contributed by atoms with Gasteiger partial charge in [0.2, 0.25) is 6.10 Å². The number of carbonyl (C=O) groups excluding carboxylic acids is 2. The van der Waals surface area contributed by atoms with E-state index in [-0.39, 0.29) is 0 Å². The van der Waals surface area contributed by atoms with Crippen LogP contribution in [0.25, 0.3) is 0 Å². The minimum atomic E-state index is -6.16. The summed E-state index contributed by atoms with van der Waals surface area (Å²) < 4.78 is 59.3. The highest BCUT2D eigenvalue weighted by Crippen LogP contribution is 2.22. The maximum absolute atomic E-state index is 12.9. The molecule has 0 amide bonds. The summed E-state index contributed by atoms with van der Waals surface area (Å²) in [6.45, 7) is 1.89. The number of aliphatic carboxylic acids is 1. The van der Waals surface area contributed by atoms with Crippen LogP contribution < -0.4 is 0 Å². The fourth-order valence-electron chi connectivity index (χ4n) is 1.16. The van der Waals surface area contributed by atoms with Crippen LogP contribution >= 0.6 is 0 Å². The molecular weight excluding hydrogens is 386 g/mol. The van der Waals surface area contributed by atoms with Crippen LogP contribution in [0.4, 0.5) is 8.78 Å². The van der Waals surface area contributed by atoms with Gasteiger partial charge in [0.25, 0.3) is 0 Å². The molecule has 0 aromatic heterocycles. The summed E-state index contributed by atoms with van der Waals surface area (Å²) in [7, 11) is -6.16. The zero-order valence-electron chi connectivity index (χ0n) is 13.3. The topological polar surface area (TPSA) is 154 Å². The number of rotatable bonds is 11. The SMILES string of the molecule is CC/C=C/C/C=C\OC(=O)C(CC(=O)O)OOC(=O)C(F)(F)S(=O)(=O)O. The molecule has 0 aromatic carbocycles. The van der Waals surface area contributed by atoms with Crippen molar-refractivity contribution in [3.05, 3.63) is 24.5 Å². The van der Waals surface area contributed by atoms with Crippen molar-refractivity contribution in [2.45, 2.75) is 37.5 Å². The Bertz CT molecular complexity index is 668. The van der Waals surface area contributed by atoms with Crippen molar-refractivity contribution in [2.24, 2.45) is 0 Å². The lowest BCUT2D eigenvalue weighted by atomic mass is 10.2. The van der Waals surface area contributed by atoms with E-state index in [0.717, 1.165) is 12.7 Å². The highest BCUT2D eigenvalue weighted by Gasteiger charge is 2.55. The van der Waals surface area contributed by atoms with Gasteiger partial charge >= 0.3 is 33.3 Å². The highest BCUT2D eigenvalue weighted by atomic mass is 32.2. The average Bonchev–Trinajstić information content (AvgIpc) is 2.52. The van der Waals surface area contributed by atoms with E-state index < -0.39 is 45.8 Å². The zero-order chi connectivity index (χ0) is 20.4. The first-order valence-electron chi connectivity index (χ1n) is 6.88. The summed E-state index contributed by atoms with van der Waals surface area (Å²) >= 11 is 0. The molecule has 1 atom stereocenters. The molecule has 0 heterocycles. The van der Waals surface area contributed by atoms with E-state index in [0.29, 0.717) is 6.42 Å². The molecule has 0 bridgehead atoms. The van der Waals surface area contributed by atoms with Gasteiger partial charge in [-0.05, 0) is 18.9 Å². The smallest absolute Gasteiger partial charge is 0.469 e. The van der Waals surface area contributed by atoms with E-state index in [2.05, 4.69) is 14.5 Å². The Morgan fingerprint density at radius 3 is 2.31 bits per heavy atom. The van der Waals surface area contributed by atoms with Gasteiger partial charge in [-0.25, -0.2) is 9.59 Å². The van der Waals surface area contributed by atoms with Crippen molar-refractivity contribution in [1.82, 2.24) is 0 Å². The Morgan fingerprint density at radius 1 is 1.19 bits per heavy atom. The van der Waals surface area contributed by atoms with Crippen LogP contribution in [-0.2, 0) is 39.0 Å². The fraction of sp³-hybridized carbons (Fsp3) is 0.462. The molecule has 0 saturated heterocycles. The number of carbonyl (C=O) groups is 3. The van der Waals surface area contributed by atoms with E-state index in [1.54, 1.807) is 6.08 Å². The maximum Gasteiger partial charge on any atom is 0.469 e. The monoisotopic (exact) mass is 402 g/mol. The van der Waals surface area contributed by atoms with Crippen LogP contribution in [0.3, 0.4) is 0 Å². The number of carboxylic acids is 1. The molecular formula is C13H16F2O10S. The van der Waals surface area contributed by atoms with Gasteiger partial charge in [0.1, 0.15) is 0 Å². The second-order valence-corrected chi connectivity index (χ2v) is 5.93. The predicted molar refractivity (Wildman–Crippen MR) is 79.0 cm³/mol. The molecule has 0 fully saturated rings. The molecule has 2 N–H and O–H groups in total. The lowest BCUT2D eigenvalue weighted by Crippen LogP contribution is -2.40. The quantitative estimate of drug-likeness (QED) is 0.129. The van der Waals surface area contributed by atoms with Crippen molar-refractivity contribution in [2.75, 3.05) is 0 Å². The third-order valence-electron chi connectivity index (χ3n) is 2.38. The lowest BCUT2D eigenvalue weighted by Gasteiger charge is -2.14. The molecule has 0 spiro atoms. The second kappa shape index (κ2) is 10.6. The van der Waals surface area contributed by atoms with Gasteiger partial charge in [-0.15, -0.1) is 0 Å². The van der Waals surface area contributed by atoms with E-state index in [1.807, 2.05) is 13.0 Å². The number of alkyl halides is 2. The summed E-state index contributed by atoms with van der Waals surface area (Å²) in [4.78, 5) is 40.5. The van der Waals surface area contributed by atoms with Crippen LogP contribution in [0.5, 0.6) is 0 Å². The minimum absolute atomic E-state index is 0.376. The first-order chi connectivity index (χ1) is 11.9. The summed E-state index contributed by atoms with van der Waals surface area (Å²) in [6, 6.07) is 0. The van der Waals surface area contributed by atoms with Crippen molar-refractivity contribution >= 4 is 28.0 Å². The summed E-state index contributed by atoms with van der Waals surface area (Å²) in [5.74, 6) is -5.92. The average molecular weight is 402 g/mol. The largest absolute Gasteiger partial charge is 0.481 e. The second-order valence-electron chi connectivity index (χ2n) is 4.47. The minimum Gasteiger partial charge on any atom is -0.481 e. The Hall–Kier alpha value is -2.38. The maximum atomic E-state index is 12.9. The molecule has 10 nitrogen and oxygen atoms in total. The molecule has 0 aromatic rings. The Labute approximate surface area is 146 Å². The van der Waals surface area contributed by atoms with Gasteiger partial charge in [0.05, 0.1) is 12.7 Å². The van der Waals surface area contributed by atoms with Crippen LogP contribution in [0.15, 0.2) is 24.5 Å². The van der Waals surface area contributed by atoms with Gasteiger partial charge in [-0.3, -0.25) is 14.2 Å². The summed E-state index contributed by atoms with van der Waals surface area (Å²) in [5, 5.41) is 3.24. The van der Waals surface area contributed by atoms with E-state index in [1.165, 1.54) is 6.08 Å².